The van der Waals surface area contributed by atoms with Crippen molar-refractivity contribution in [1.29, 1.82) is 0 Å². The van der Waals surface area contributed by atoms with E-state index in [1.54, 1.807) is 61.9 Å². The van der Waals surface area contributed by atoms with E-state index < -0.39 is 0 Å². The molecule has 0 radical (unpaired) electrons. The number of hydrogen-bond acceptors (Lipinski definition) is 0. The molecule has 3 heteroatoms. The van der Waals surface area contributed by atoms with Crippen molar-refractivity contribution in [3.05, 3.63) is 78.4 Å². The van der Waals surface area contributed by atoms with Crippen LogP contribution in [0.15, 0.2) is 72.3 Å². The molecule has 0 saturated heterocycles. The van der Waals surface area contributed by atoms with E-state index in [1.807, 2.05) is 0 Å². The molecule has 0 spiro atoms. The van der Waals surface area contributed by atoms with Crippen LogP contribution in [0.25, 0.3) is 21.5 Å². The Morgan fingerprint density at radius 1 is 0.794 bits per heavy atom. The van der Waals surface area contributed by atoms with Gasteiger partial charge in [0.05, 0.1) is 0 Å². The molecule has 34 heavy (non-hydrogen) atoms. The molecule has 178 valence electrons. The number of allylic oxidation sites excluding steroid dienone is 4. The van der Waals surface area contributed by atoms with Gasteiger partial charge >= 0.3 is 41.3 Å². The zero-order valence-corrected chi connectivity index (χ0v) is 24.2. The Hall–Kier alpha value is -0.877. The molecule has 0 heterocycles. The summed E-state index contributed by atoms with van der Waals surface area (Å²) in [5.74, 6) is 5.25. The second-order valence-electron chi connectivity index (χ2n) is 10.5. The van der Waals surface area contributed by atoms with E-state index in [1.165, 1.54) is 24.8 Å². The molecule has 3 aromatic carbocycles. The first kappa shape index (κ1) is 27.7. The second kappa shape index (κ2) is 12.4. The van der Waals surface area contributed by atoms with E-state index >= 15 is 0 Å². The molecule has 0 aromatic heterocycles. The van der Waals surface area contributed by atoms with Crippen molar-refractivity contribution in [2.24, 2.45) is 29.6 Å². The average molecular weight is 569 g/mol. The van der Waals surface area contributed by atoms with Gasteiger partial charge in [-0.1, -0.05) is 42.3 Å². The summed E-state index contributed by atoms with van der Waals surface area (Å²) in [6.07, 6.45) is 16.9. The quantitative estimate of drug-likeness (QED) is 0.395. The van der Waals surface area contributed by atoms with E-state index in [9.17, 15) is 0 Å². The number of halogens is 2. The standard InChI is InChI=1S/C15H19.C13H9.C3H6.2ClH.Zr/c1-2-4-12(3-1)15-13-6-10-5-11(8-13)9-14(15)7-10;1-3-7-12-10(5-1)9-11-6-2-4-8-13(11)12;1-3-2;;;/h3-4,10-11,13-15H,1,5-9H2;1-9H;1-2H3;2*1H;/q2*-1;;;;+2/p-2. The predicted octanol–water partition coefficient (Wildman–Crippen LogP) is 2.21. The van der Waals surface area contributed by atoms with Crippen LogP contribution >= 0.6 is 0 Å². The van der Waals surface area contributed by atoms with Crippen LogP contribution in [0.3, 0.4) is 0 Å². The minimum Gasteiger partial charge on any atom is -1.00 e. The van der Waals surface area contributed by atoms with Crippen LogP contribution in [0.2, 0.25) is 0 Å². The molecular formula is C31H34Cl2Zr-2. The van der Waals surface area contributed by atoms with Crippen LogP contribution in [0, 0.1) is 35.7 Å². The third-order valence-electron chi connectivity index (χ3n) is 7.86. The summed E-state index contributed by atoms with van der Waals surface area (Å²) >= 11 is 1.55. The Balaban J connectivity index is 0.000000159. The summed E-state index contributed by atoms with van der Waals surface area (Å²) in [5, 5.41) is 5.39. The molecule has 0 aliphatic heterocycles. The zero-order chi connectivity index (χ0) is 22.1. The van der Waals surface area contributed by atoms with Gasteiger partial charge in [-0.25, -0.2) is 6.08 Å². The van der Waals surface area contributed by atoms with Gasteiger partial charge in [0.2, 0.25) is 0 Å². The topological polar surface area (TPSA) is 0 Å². The van der Waals surface area contributed by atoms with E-state index in [4.69, 9.17) is 0 Å². The van der Waals surface area contributed by atoms with Crippen molar-refractivity contribution in [3.63, 3.8) is 0 Å². The first-order chi connectivity index (χ1) is 15.6. The van der Waals surface area contributed by atoms with Crippen molar-refractivity contribution in [2.45, 2.75) is 52.4 Å². The Labute approximate surface area is 232 Å². The smallest absolute Gasteiger partial charge is 0.0407 e. The maximum absolute atomic E-state index is 3.36. The summed E-state index contributed by atoms with van der Waals surface area (Å²) in [5.41, 5.74) is 1.66. The molecule has 5 aliphatic carbocycles. The third-order valence-corrected chi connectivity index (χ3v) is 7.86. The normalized spacial score (nSPS) is 27.6. The number of hydrogen-bond donors (Lipinski definition) is 0. The van der Waals surface area contributed by atoms with Crippen LogP contribution in [0.5, 0.6) is 0 Å². The molecule has 0 N–H and O–H groups in total. The summed E-state index contributed by atoms with van der Waals surface area (Å²) in [6, 6.07) is 19.3. The van der Waals surface area contributed by atoms with Gasteiger partial charge in [-0.05, 0) is 55.8 Å². The zero-order valence-electron chi connectivity index (χ0n) is 20.2. The molecular weight excluding hydrogens is 534 g/mol. The number of fused-ring (bicyclic) bond motifs is 3. The van der Waals surface area contributed by atoms with Crippen molar-refractivity contribution >= 4 is 24.8 Å². The van der Waals surface area contributed by atoms with Crippen molar-refractivity contribution in [2.75, 3.05) is 0 Å². The monoisotopic (exact) mass is 566 g/mol. The predicted molar refractivity (Wildman–Crippen MR) is 134 cm³/mol. The number of rotatable bonds is 1. The Kier molecular flexibility index (Phi) is 10.1. The fourth-order valence-electron chi connectivity index (χ4n) is 7.02. The molecule has 5 aliphatic rings. The summed E-state index contributed by atoms with van der Waals surface area (Å²) in [4.78, 5) is 0. The van der Waals surface area contributed by atoms with Gasteiger partial charge in [-0.15, -0.1) is 46.2 Å². The maximum Gasteiger partial charge on any atom is -0.0407 e. The fraction of sp³-hybridized carbons (Fsp3) is 0.419. The van der Waals surface area contributed by atoms with Crippen LogP contribution in [-0.4, -0.2) is 3.21 Å². The molecule has 0 amide bonds. The second-order valence-corrected chi connectivity index (χ2v) is 13.0. The average Bonchev–Trinajstić information content (AvgIpc) is 3.41. The van der Waals surface area contributed by atoms with Crippen LogP contribution in [0.1, 0.15) is 52.4 Å². The van der Waals surface area contributed by atoms with Crippen LogP contribution in [-0.2, 0) is 24.2 Å². The van der Waals surface area contributed by atoms with Gasteiger partial charge in [0.25, 0.3) is 0 Å². The van der Waals surface area contributed by atoms with E-state index in [2.05, 4.69) is 86.7 Å². The molecule has 4 saturated carbocycles. The maximum atomic E-state index is 3.36. The van der Waals surface area contributed by atoms with Gasteiger partial charge < -0.3 is 24.8 Å². The SMILES string of the molecule is C[C](C)=[Zr+2].[C-]1=CC(C2C3CC4CC(C3)CC2C4)=CC1.[Cl-].[Cl-].c1ccc2c(c1)[cH-]c1ccccc12. The summed E-state index contributed by atoms with van der Waals surface area (Å²) < 4.78 is 1.51. The molecule has 8 rings (SSSR count). The summed E-state index contributed by atoms with van der Waals surface area (Å²) in [7, 11) is 0. The van der Waals surface area contributed by atoms with Gasteiger partial charge in [0, 0.05) is 0 Å². The van der Waals surface area contributed by atoms with E-state index in [0.29, 0.717) is 0 Å². The molecule has 4 fully saturated rings. The van der Waals surface area contributed by atoms with Gasteiger partial charge in [-0.3, -0.25) is 6.08 Å². The number of benzene rings is 2. The van der Waals surface area contributed by atoms with E-state index in [0.717, 1.165) is 36.0 Å². The van der Waals surface area contributed by atoms with Crippen LogP contribution < -0.4 is 24.8 Å². The first-order valence-electron chi connectivity index (χ1n) is 12.4. The molecule has 0 atom stereocenters. The van der Waals surface area contributed by atoms with Crippen molar-refractivity contribution in [3.8, 4) is 0 Å². The molecule has 0 unspecified atom stereocenters. The van der Waals surface area contributed by atoms with Gasteiger partial charge in [0.1, 0.15) is 0 Å². The molecule has 0 nitrogen and oxygen atoms in total. The van der Waals surface area contributed by atoms with Gasteiger partial charge in [-0.2, -0.15) is 11.6 Å². The summed E-state index contributed by atoms with van der Waals surface area (Å²) in [6.45, 7) is 4.25. The van der Waals surface area contributed by atoms with E-state index in [-0.39, 0.29) is 24.8 Å². The van der Waals surface area contributed by atoms with Crippen LogP contribution in [0.4, 0.5) is 0 Å². The molecule has 4 bridgehead atoms. The Morgan fingerprint density at radius 3 is 1.71 bits per heavy atom. The Morgan fingerprint density at radius 2 is 1.26 bits per heavy atom. The fourth-order valence-corrected chi connectivity index (χ4v) is 7.02. The Bertz CT molecular complexity index is 1090. The van der Waals surface area contributed by atoms with Gasteiger partial charge in [0.15, 0.2) is 0 Å². The van der Waals surface area contributed by atoms with Crippen molar-refractivity contribution in [1.82, 2.24) is 0 Å². The minimum atomic E-state index is 0. The minimum absolute atomic E-state index is 0. The molecule has 3 aromatic rings. The van der Waals surface area contributed by atoms with Crippen molar-refractivity contribution < 1.29 is 49.0 Å². The first-order valence-corrected chi connectivity index (χ1v) is 13.6. The third kappa shape index (κ3) is 6.09. The largest absolute Gasteiger partial charge is 1.00 e.